The van der Waals surface area contributed by atoms with Crippen molar-refractivity contribution >= 4 is 11.9 Å². The molecule has 0 aromatic carbocycles. The van der Waals surface area contributed by atoms with Crippen LogP contribution >= 0.6 is 0 Å². The van der Waals surface area contributed by atoms with Gasteiger partial charge in [-0.3, -0.25) is 0 Å². The molecule has 0 spiro atoms. The van der Waals surface area contributed by atoms with Gasteiger partial charge in [-0.05, 0) is 0 Å². The van der Waals surface area contributed by atoms with Crippen molar-refractivity contribution in [3.8, 4) is 0 Å². The van der Waals surface area contributed by atoms with Crippen molar-refractivity contribution in [2.24, 2.45) is 0 Å². The predicted octanol–water partition coefficient (Wildman–Crippen LogP) is -6.60. The molecule has 0 atom stereocenters. The van der Waals surface area contributed by atoms with Crippen LogP contribution in [0.5, 0.6) is 0 Å². The van der Waals surface area contributed by atoms with Gasteiger partial charge in [0.2, 0.25) is 11.9 Å². The molecule has 0 fully saturated rings. The van der Waals surface area contributed by atoms with E-state index in [0.29, 0.717) is 0 Å². The van der Waals surface area contributed by atoms with E-state index in [1.807, 2.05) is 0 Å². The SMILES string of the molecule is Nc1nnc(N)n1N.[O-][Cl+3]([O-])([O-])[O-]. The molecule has 13 heavy (non-hydrogen) atoms. The first kappa shape index (κ1) is 11.7. The molecular formula is C2H6ClN6O4-. The second-order valence-corrected chi connectivity index (χ2v) is 2.42. The number of halogens is 1. The molecular weight excluding hydrogens is 208 g/mol. The maximum Gasteiger partial charge on any atom is 0.242 e. The van der Waals surface area contributed by atoms with Gasteiger partial charge in [-0.2, -0.15) is 4.68 Å². The maximum absolute atomic E-state index is 8.49. The first-order valence-corrected chi connectivity index (χ1v) is 3.78. The second-order valence-electron chi connectivity index (χ2n) is 1.66. The van der Waals surface area contributed by atoms with Crippen LogP contribution in [0.3, 0.4) is 0 Å². The minimum atomic E-state index is -4.94. The van der Waals surface area contributed by atoms with Gasteiger partial charge in [0, 0.05) is 0 Å². The van der Waals surface area contributed by atoms with E-state index in [1.54, 1.807) is 0 Å². The van der Waals surface area contributed by atoms with Crippen LogP contribution in [0.2, 0.25) is 0 Å². The summed E-state index contributed by atoms with van der Waals surface area (Å²) in [5, 5.41) is 6.71. The summed E-state index contributed by atoms with van der Waals surface area (Å²) in [5.41, 5.74) is 10.2. The maximum atomic E-state index is 8.49. The summed E-state index contributed by atoms with van der Waals surface area (Å²) >= 11 is 0. The highest BCUT2D eigenvalue weighted by Gasteiger charge is 1.97. The predicted molar refractivity (Wildman–Crippen MR) is 29.0 cm³/mol. The summed E-state index contributed by atoms with van der Waals surface area (Å²) in [6.07, 6.45) is 0. The Balaban J connectivity index is 0.000000252. The number of nitrogen functional groups attached to an aromatic ring is 3. The molecule has 0 saturated carbocycles. The van der Waals surface area contributed by atoms with Crippen molar-refractivity contribution in [2.45, 2.75) is 0 Å². The minimum absolute atomic E-state index is 0.113. The van der Waals surface area contributed by atoms with Crippen LogP contribution in [0.1, 0.15) is 0 Å². The van der Waals surface area contributed by atoms with Gasteiger partial charge in [-0.25, -0.2) is 18.6 Å². The van der Waals surface area contributed by atoms with Crippen LogP contribution in [-0.4, -0.2) is 14.9 Å². The number of hydrogen-bond donors (Lipinski definition) is 3. The lowest BCUT2D eigenvalue weighted by atomic mass is 11.0. The van der Waals surface area contributed by atoms with Gasteiger partial charge >= 0.3 is 0 Å². The van der Waals surface area contributed by atoms with Gasteiger partial charge in [0.05, 0.1) is 0 Å². The van der Waals surface area contributed by atoms with E-state index in [9.17, 15) is 0 Å². The van der Waals surface area contributed by atoms with Crippen LogP contribution in [-0.2, 0) is 0 Å². The van der Waals surface area contributed by atoms with Crippen molar-refractivity contribution < 1.29 is 28.9 Å². The topological polar surface area (TPSA) is 201 Å². The quantitative estimate of drug-likeness (QED) is 0.350. The largest absolute Gasteiger partial charge is 0.366 e. The van der Waals surface area contributed by atoms with Crippen molar-refractivity contribution in [3.05, 3.63) is 0 Å². The van der Waals surface area contributed by atoms with Crippen molar-refractivity contribution in [3.63, 3.8) is 0 Å². The Kier molecular flexibility index (Phi) is 3.65. The van der Waals surface area contributed by atoms with Crippen LogP contribution in [0.25, 0.3) is 0 Å². The van der Waals surface area contributed by atoms with E-state index in [0.717, 1.165) is 4.68 Å². The van der Waals surface area contributed by atoms with E-state index in [2.05, 4.69) is 10.2 Å². The van der Waals surface area contributed by atoms with Gasteiger partial charge in [0.25, 0.3) is 0 Å². The fraction of sp³-hybridized carbons (Fsp3) is 0. The summed E-state index contributed by atoms with van der Waals surface area (Å²) < 4.78 is 35.0. The summed E-state index contributed by atoms with van der Waals surface area (Å²) in [5.74, 6) is 5.37. The van der Waals surface area contributed by atoms with E-state index in [1.165, 1.54) is 0 Å². The van der Waals surface area contributed by atoms with E-state index >= 15 is 0 Å². The Hall–Kier alpha value is -1.33. The van der Waals surface area contributed by atoms with E-state index in [-0.39, 0.29) is 11.9 Å². The van der Waals surface area contributed by atoms with Crippen molar-refractivity contribution in [2.75, 3.05) is 17.3 Å². The first-order chi connectivity index (χ1) is 5.72. The average molecular weight is 214 g/mol. The highest BCUT2D eigenvalue weighted by Crippen LogP contribution is 1.95. The second kappa shape index (κ2) is 4.06. The molecule has 1 heterocycles. The lowest BCUT2D eigenvalue weighted by Crippen LogP contribution is -2.68. The lowest BCUT2D eigenvalue weighted by molar-refractivity contribution is -2.00. The summed E-state index contributed by atoms with van der Waals surface area (Å²) in [6, 6.07) is 0. The molecule has 0 aliphatic heterocycles. The average Bonchev–Trinajstić information content (AvgIpc) is 2.16. The van der Waals surface area contributed by atoms with E-state index < -0.39 is 10.2 Å². The van der Waals surface area contributed by atoms with Gasteiger partial charge in [0.1, 0.15) is 0 Å². The standard InChI is InChI=1S/C2H6N6.ClHO4/c3-1-6-7-2(4)8(1)5;2-1(3,4)5/h5H2,(H2,3,6)(H2,4,7);(H,2,3,4,5)/p-1. The van der Waals surface area contributed by atoms with Crippen molar-refractivity contribution in [1.82, 2.24) is 14.9 Å². The van der Waals surface area contributed by atoms with Crippen LogP contribution in [0.4, 0.5) is 11.9 Å². The molecule has 0 aliphatic rings. The van der Waals surface area contributed by atoms with Gasteiger partial charge in [-0.1, -0.05) is 0 Å². The van der Waals surface area contributed by atoms with Crippen molar-refractivity contribution in [1.29, 1.82) is 0 Å². The number of hydrogen-bond acceptors (Lipinski definition) is 9. The smallest absolute Gasteiger partial charge is 0.242 e. The van der Waals surface area contributed by atoms with Gasteiger partial charge in [-0.15, -0.1) is 20.4 Å². The van der Waals surface area contributed by atoms with Crippen LogP contribution in [0.15, 0.2) is 0 Å². The third-order valence-corrected chi connectivity index (χ3v) is 0.749. The Morgan fingerprint density at radius 2 is 1.23 bits per heavy atom. The molecule has 0 saturated heterocycles. The molecule has 11 heteroatoms. The fourth-order valence-corrected chi connectivity index (χ4v) is 0.316. The Morgan fingerprint density at radius 3 is 1.31 bits per heavy atom. The summed E-state index contributed by atoms with van der Waals surface area (Å²) in [6.45, 7) is 0. The third kappa shape index (κ3) is 5.89. The molecule has 0 aliphatic carbocycles. The molecule has 10 nitrogen and oxygen atoms in total. The molecule has 0 radical (unpaired) electrons. The zero-order valence-electron chi connectivity index (χ0n) is 6.08. The first-order valence-electron chi connectivity index (χ1n) is 2.55. The molecule has 0 bridgehead atoms. The summed E-state index contributed by atoms with van der Waals surface area (Å²) in [4.78, 5) is 0. The Labute approximate surface area is 73.9 Å². The Bertz CT molecular complexity index is 243. The summed E-state index contributed by atoms with van der Waals surface area (Å²) in [7, 11) is -4.94. The molecule has 6 N–H and O–H groups in total. The number of anilines is 2. The molecule has 1 aromatic rings. The van der Waals surface area contributed by atoms with Crippen LogP contribution in [0, 0.1) is 10.2 Å². The third-order valence-electron chi connectivity index (χ3n) is 0.749. The van der Waals surface area contributed by atoms with Crippen LogP contribution < -0.4 is 35.9 Å². The highest BCUT2D eigenvalue weighted by molar-refractivity contribution is 5.28. The zero-order valence-corrected chi connectivity index (χ0v) is 6.84. The van der Waals surface area contributed by atoms with Gasteiger partial charge in [0.15, 0.2) is 0 Å². The number of aromatic nitrogens is 3. The molecule has 0 amide bonds. The minimum Gasteiger partial charge on any atom is -0.366 e. The number of rotatable bonds is 0. The normalized spacial score (nSPS) is 10.5. The number of nitrogens with two attached hydrogens (primary N) is 3. The monoisotopic (exact) mass is 213 g/mol. The zero-order chi connectivity index (χ0) is 10.6. The molecule has 1 rings (SSSR count). The van der Waals surface area contributed by atoms with E-state index in [4.69, 9.17) is 35.9 Å². The number of nitrogens with zero attached hydrogens (tertiary/aromatic N) is 3. The molecule has 76 valence electrons. The lowest BCUT2D eigenvalue weighted by Gasteiger charge is -2.17. The Morgan fingerprint density at radius 1 is 1.00 bits per heavy atom. The van der Waals surface area contributed by atoms with Gasteiger partial charge < -0.3 is 17.3 Å². The molecule has 1 aromatic heterocycles. The molecule has 0 unspecified atom stereocenters. The highest BCUT2D eigenvalue weighted by atomic mass is 35.7. The fourth-order valence-electron chi connectivity index (χ4n) is 0.316.